The molecule has 1 aromatic rings. The molecule has 0 aromatic heterocycles. The van der Waals surface area contributed by atoms with Gasteiger partial charge in [-0.1, -0.05) is 11.6 Å². The van der Waals surface area contributed by atoms with Gasteiger partial charge in [-0.3, -0.25) is 4.79 Å². The molecule has 1 fully saturated rings. The molecule has 4 nitrogen and oxygen atoms in total. The zero-order valence-electron chi connectivity index (χ0n) is 10.6. The van der Waals surface area contributed by atoms with Crippen LogP contribution in [0.1, 0.15) is 23.2 Å². The summed E-state index contributed by atoms with van der Waals surface area (Å²) in [5.41, 5.74) is 0.478. The highest BCUT2D eigenvalue weighted by atomic mass is 127. The second-order valence-electron chi connectivity index (χ2n) is 4.47. The predicted octanol–water partition coefficient (Wildman–Crippen LogP) is 2.44. The summed E-state index contributed by atoms with van der Waals surface area (Å²) in [6.45, 7) is 1.66. The molecule has 0 bridgehead atoms. The lowest BCUT2D eigenvalue weighted by atomic mass is 10.1. The van der Waals surface area contributed by atoms with Gasteiger partial charge < -0.3 is 15.4 Å². The van der Waals surface area contributed by atoms with Gasteiger partial charge in [0, 0.05) is 16.2 Å². The van der Waals surface area contributed by atoms with Gasteiger partial charge in [-0.15, -0.1) is 0 Å². The molecule has 2 rings (SSSR count). The Bertz CT molecular complexity index is 476. The van der Waals surface area contributed by atoms with E-state index >= 15 is 0 Å². The number of halogens is 2. The minimum absolute atomic E-state index is 0.149. The Labute approximate surface area is 131 Å². The molecule has 0 saturated carbocycles. The monoisotopic (exact) mass is 394 g/mol. The van der Waals surface area contributed by atoms with E-state index in [0.717, 1.165) is 16.5 Å². The van der Waals surface area contributed by atoms with Crippen LogP contribution >= 0.6 is 34.2 Å². The molecule has 6 heteroatoms. The van der Waals surface area contributed by atoms with Crippen molar-refractivity contribution < 1.29 is 9.53 Å². The average molecular weight is 395 g/mol. The van der Waals surface area contributed by atoms with Gasteiger partial charge in [0.15, 0.2) is 0 Å². The summed E-state index contributed by atoms with van der Waals surface area (Å²) in [6.07, 6.45) is 2.27. The van der Waals surface area contributed by atoms with E-state index in [-0.39, 0.29) is 5.91 Å². The number of methoxy groups -OCH3 is 1. The second-order valence-corrected chi connectivity index (χ2v) is 6.04. The molecule has 1 saturated heterocycles. The van der Waals surface area contributed by atoms with Crippen LogP contribution in [0, 0.1) is 3.57 Å². The van der Waals surface area contributed by atoms with Crippen LogP contribution in [0.5, 0.6) is 5.75 Å². The molecule has 104 valence electrons. The Morgan fingerprint density at radius 3 is 3.05 bits per heavy atom. The van der Waals surface area contributed by atoms with Crippen molar-refractivity contribution in [2.24, 2.45) is 0 Å². The molecule has 19 heavy (non-hydrogen) atoms. The van der Waals surface area contributed by atoms with Gasteiger partial charge in [-0.25, -0.2) is 0 Å². The molecular formula is C13H16ClIN2O2. The maximum Gasteiger partial charge on any atom is 0.255 e. The van der Waals surface area contributed by atoms with Crippen LogP contribution in [0.4, 0.5) is 0 Å². The molecule has 1 aromatic carbocycles. The Kier molecular flexibility index (Phi) is 5.29. The molecule has 1 amide bonds. The standard InChI is InChI=1S/C13H16ClIN2O2/c1-19-12-6-11(15)10(14)5-9(12)13(18)17-7-8-3-2-4-16-8/h5-6,8,16H,2-4,7H2,1H3,(H,17,18). The smallest absolute Gasteiger partial charge is 0.255 e. The summed E-state index contributed by atoms with van der Waals surface area (Å²) >= 11 is 8.17. The number of carbonyl (C=O) groups excluding carboxylic acids is 1. The molecule has 1 atom stereocenters. The third-order valence-corrected chi connectivity index (χ3v) is 4.68. The fourth-order valence-electron chi connectivity index (χ4n) is 2.12. The first-order chi connectivity index (χ1) is 9.11. The Morgan fingerprint density at radius 1 is 1.63 bits per heavy atom. The SMILES string of the molecule is COc1cc(I)c(Cl)cc1C(=O)NCC1CCCN1. The lowest BCUT2D eigenvalue weighted by Gasteiger charge is -2.14. The highest BCUT2D eigenvalue weighted by Gasteiger charge is 2.18. The van der Waals surface area contributed by atoms with Crippen molar-refractivity contribution >= 4 is 40.1 Å². The summed E-state index contributed by atoms with van der Waals surface area (Å²) in [6, 6.07) is 3.79. The number of rotatable bonds is 4. The van der Waals surface area contributed by atoms with Crippen LogP contribution < -0.4 is 15.4 Å². The van der Waals surface area contributed by atoms with Crippen LogP contribution in [-0.2, 0) is 0 Å². The molecule has 1 aliphatic heterocycles. The lowest BCUT2D eigenvalue weighted by molar-refractivity contribution is 0.0947. The molecule has 0 radical (unpaired) electrons. The van der Waals surface area contributed by atoms with Crippen molar-refractivity contribution in [1.82, 2.24) is 10.6 Å². The van der Waals surface area contributed by atoms with Gasteiger partial charge in [0.05, 0.1) is 17.7 Å². The van der Waals surface area contributed by atoms with Crippen LogP contribution in [0.15, 0.2) is 12.1 Å². The molecule has 1 unspecified atom stereocenters. The van der Waals surface area contributed by atoms with E-state index in [1.165, 1.54) is 6.42 Å². The fraction of sp³-hybridized carbons (Fsp3) is 0.462. The largest absolute Gasteiger partial charge is 0.496 e. The fourth-order valence-corrected chi connectivity index (χ4v) is 2.72. The summed E-state index contributed by atoms with van der Waals surface area (Å²) < 4.78 is 6.10. The van der Waals surface area contributed by atoms with Gasteiger partial charge >= 0.3 is 0 Å². The third-order valence-electron chi connectivity index (χ3n) is 3.16. The first-order valence-corrected chi connectivity index (χ1v) is 7.62. The topological polar surface area (TPSA) is 50.4 Å². The molecule has 0 spiro atoms. The van der Waals surface area contributed by atoms with E-state index in [2.05, 4.69) is 33.2 Å². The van der Waals surface area contributed by atoms with Gasteiger partial charge in [0.1, 0.15) is 5.75 Å². The van der Waals surface area contributed by atoms with E-state index in [0.29, 0.717) is 28.9 Å². The van der Waals surface area contributed by atoms with Crippen molar-refractivity contribution in [3.8, 4) is 5.75 Å². The average Bonchev–Trinajstić information content (AvgIpc) is 2.91. The number of ether oxygens (including phenoxy) is 1. The highest BCUT2D eigenvalue weighted by molar-refractivity contribution is 14.1. The van der Waals surface area contributed by atoms with Crippen molar-refractivity contribution in [1.29, 1.82) is 0 Å². The zero-order chi connectivity index (χ0) is 13.8. The van der Waals surface area contributed by atoms with E-state index in [1.807, 2.05) is 0 Å². The molecule has 2 N–H and O–H groups in total. The summed E-state index contributed by atoms with van der Waals surface area (Å²) in [4.78, 5) is 12.2. The maximum atomic E-state index is 12.2. The Balaban J connectivity index is 2.07. The van der Waals surface area contributed by atoms with Crippen LogP contribution in [0.2, 0.25) is 5.02 Å². The predicted molar refractivity (Wildman–Crippen MR) is 84.1 cm³/mol. The number of benzene rings is 1. The number of hydrogen-bond donors (Lipinski definition) is 2. The van der Waals surface area contributed by atoms with Gasteiger partial charge in [0.2, 0.25) is 0 Å². The van der Waals surface area contributed by atoms with Crippen LogP contribution in [0.25, 0.3) is 0 Å². The quantitative estimate of drug-likeness (QED) is 0.771. The van der Waals surface area contributed by atoms with Crippen LogP contribution in [0.3, 0.4) is 0 Å². The lowest BCUT2D eigenvalue weighted by Crippen LogP contribution is -2.37. The Hall–Kier alpha value is -0.530. The van der Waals surface area contributed by atoms with E-state index < -0.39 is 0 Å². The number of hydrogen-bond acceptors (Lipinski definition) is 3. The number of amides is 1. The van der Waals surface area contributed by atoms with E-state index in [9.17, 15) is 4.79 Å². The van der Waals surface area contributed by atoms with Crippen molar-refractivity contribution in [3.63, 3.8) is 0 Å². The molecule has 0 aliphatic carbocycles. The van der Waals surface area contributed by atoms with Crippen molar-refractivity contribution in [2.75, 3.05) is 20.2 Å². The van der Waals surface area contributed by atoms with E-state index in [4.69, 9.17) is 16.3 Å². The molecule has 1 aliphatic rings. The molecular weight excluding hydrogens is 379 g/mol. The maximum absolute atomic E-state index is 12.2. The van der Waals surface area contributed by atoms with Crippen molar-refractivity contribution in [2.45, 2.75) is 18.9 Å². The first kappa shape index (κ1) is 14.9. The van der Waals surface area contributed by atoms with Gasteiger partial charge in [-0.2, -0.15) is 0 Å². The minimum Gasteiger partial charge on any atom is -0.496 e. The summed E-state index contributed by atoms with van der Waals surface area (Å²) in [5, 5.41) is 6.82. The van der Waals surface area contributed by atoms with Gasteiger partial charge in [-0.05, 0) is 54.1 Å². The van der Waals surface area contributed by atoms with Crippen LogP contribution in [-0.4, -0.2) is 32.1 Å². The Morgan fingerprint density at radius 2 is 2.42 bits per heavy atom. The normalized spacial score (nSPS) is 18.4. The van der Waals surface area contributed by atoms with Crippen molar-refractivity contribution in [3.05, 3.63) is 26.3 Å². The minimum atomic E-state index is -0.149. The summed E-state index contributed by atoms with van der Waals surface area (Å²) in [7, 11) is 1.55. The van der Waals surface area contributed by atoms with E-state index in [1.54, 1.807) is 19.2 Å². The zero-order valence-corrected chi connectivity index (χ0v) is 13.5. The number of nitrogens with one attached hydrogen (secondary N) is 2. The molecule has 1 heterocycles. The van der Waals surface area contributed by atoms with Gasteiger partial charge in [0.25, 0.3) is 5.91 Å². The second kappa shape index (κ2) is 6.76. The summed E-state index contributed by atoms with van der Waals surface area (Å²) in [5.74, 6) is 0.398. The third kappa shape index (κ3) is 3.73. The highest BCUT2D eigenvalue weighted by Crippen LogP contribution is 2.28. The number of carbonyl (C=O) groups is 1. The first-order valence-electron chi connectivity index (χ1n) is 6.16.